The van der Waals surface area contributed by atoms with Crippen LogP contribution in [0, 0.1) is 0 Å². The molecule has 0 bridgehead atoms. The van der Waals surface area contributed by atoms with E-state index < -0.39 is 5.97 Å². The summed E-state index contributed by atoms with van der Waals surface area (Å²) in [5.41, 5.74) is 1.42. The lowest BCUT2D eigenvalue weighted by atomic mass is 10.0. The van der Waals surface area contributed by atoms with Gasteiger partial charge in [-0.2, -0.15) is 0 Å². The molecule has 1 aromatic carbocycles. The van der Waals surface area contributed by atoms with Crippen molar-refractivity contribution >= 4 is 49.5 Å². The molecule has 0 aliphatic heterocycles. The fourth-order valence-corrected chi connectivity index (χ4v) is 2.66. The number of aromatic nitrogens is 1. The first kappa shape index (κ1) is 14.0. The molecule has 2 aromatic rings. The Hall–Kier alpha value is -1.46. The highest BCUT2D eigenvalue weighted by Crippen LogP contribution is 2.24. The minimum atomic E-state index is -0.984. The summed E-state index contributed by atoms with van der Waals surface area (Å²) in [6.07, 6.45) is 3.18. The first-order valence-corrected chi connectivity index (χ1v) is 6.98. The van der Waals surface area contributed by atoms with E-state index in [0.29, 0.717) is 11.3 Å². The molecular weight excluding hydrogens is 374 g/mol. The van der Waals surface area contributed by atoms with E-state index >= 15 is 0 Å². The van der Waals surface area contributed by atoms with E-state index in [1.807, 2.05) is 12.1 Å². The molecule has 0 fully saturated rings. The molecule has 0 amide bonds. The lowest BCUT2D eigenvalue weighted by molar-refractivity contribution is -0.130. The molecular formula is C14H9Br2NO2. The maximum Gasteiger partial charge on any atom is 0.336 e. The number of benzene rings is 1. The highest BCUT2D eigenvalue weighted by Gasteiger charge is 2.11. The van der Waals surface area contributed by atoms with E-state index in [0.717, 1.165) is 8.95 Å². The average molecular weight is 383 g/mol. The van der Waals surface area contributed by atoms with Crippen LogP contribution in [0.2, 0.25) is 0 Å². The number of carbonyl (C=O) groups is 1. The fourth-order valence-electron chi connectivity index (χ4n) is 1.55. The van der Waals surface area contributed by atoms with Crippen molar-refractivity contribution < 1.29 is 9.90 Å². The Morgan fingerprint density at radius 1 is 1.21 bits per heavy atom. The summed E-state index contributed by atoms with van der Waals surface area (Å²) in [6, 6.07) is 10.8. The van der Waals surface area contributed by atoms with Crippen LogP contribution in [0.15, 0.2) is 51.5 Å². The molecule has 0 saturated carbocycles. The molecule has 1 heterocycles. The van der Waals surface area contributed by atoms with Crippen molar-refractivity contribution in [1.82, 2.24) is 4.98 Å². The molecule has 0 radical (unpaired) electrons. The van der Waals surface area contributed by atoms with Gasteiger partial charge in [-0.1, -0.05) is 30.3 Å². The summed E-state index contributed by atoms with van der Waals surface area (Å²) in [6.45, 7) is 0. The molecule has 0 saturated heterocycles. The van der Waals surface area contributed by atoms with Gasteiger partial charge in [-0.25, -0.2) is 4.79 Å². The number of pyridine rings is 1. The van der Waals surface area contributed by atoms with Crippen LogP contribution in [0.1, 0.15) is 11.3 Å². The number of hydrogen-bond donors (Lipinski definition) is 1. The van der Waals surface area contributed by atoms with Crippen LogP contribution in [0.25, 0.3) is 11.6 Å². The van der Waals surface area contributed by atoms with Gasteiger partial charge in [0.25, 0.3) is 0 Å². The highest BCUT2D eigenvalue weighted by molar-refractivity contribution is 9.11. The molecule has 19 heavy (non-hydrogen) atoms. The van der Waals surface area contributed by atoms with Crippen LogP contribution >= 0.6 is 31.9 Å². The van der Waals surface area contributed by atoms with Crippen LogP contribution in [0.5, 0.6) is 0 Å². The van der Waals surface area contributed by atoms with E-state index in [1.165, 1.54) is 0 Å². The predicted molar refractivity (Wildman–Crippen MR) is 81.6 cm³/mol. The Morgan fingerprint density at radius 3 is 2.47 bits per heavy atom. The number of carboxylic acids is 1. The smallest absolute Gasteiger partial charge is 0.336 e. The predicted octanol–water partition coefficient (Wildman–Crippen LogP) is 4.23. The fraction of sp³-hybridized carbons (Fsp3) is 0. The monoisotopic (exact) mass is 381 g/mol. The normalized spacial score (nSPS) is 11.4. The minimum Gasteiger partial charge on any atom is -0.478 e. The second-order valence-corrected chi connectivity index (χ2v) is 5.52. The van der Waals surface area contributed by atoms with Gasteiger partial charge >= 0.3 is 5.97 Å². The third-order valence-corrected chi connectivity index (χ3v) is 3.50. The maximum atomic E-state index is 11.4. The molecule has 0 atom stereocenters. The zero-order chi connectivity index (χ0) is 13.8. The lowest BCUT2D eigenvalue weighted by Gasteiger charge is -2.04. The zero-order valence-electron chi connectivity index (χ0n) is 9.68. The van der Waals surface area contributed by atoms with Gasteiger partial charge in [0.15, 0.2) is 0 Å². The van der Waals surface area contributed by atoms with E-state index in [-0.39, 0.29) is 5.57 Å². The van der Waals surface area contributed by atoms with Gasteiger partial charge in [0, 0.05) is 15.1 Å². The molecule has 1 N–H and O–H groups in total. The summed E-state index contributed by atoms with van der Waals surface area (Å²) in [5, 5.41) is 9.31. The second kappa shape index (κ2) is 6.12. The first-order chi connectivity index (χ1) is 9.08. The SMILES string of the molecule is O=C(O)/C(=C/c1ncc(Br)cc1Br)c1ccccc1. The Bertz CT molecular complexity index is 639. The van der Waals surface area contributed by atoms with Gasteiger partial charge in [0.2, 0.25) is 0 Å². The number of aliphatic carboxylic acids is 1. The topological polar surface area (TPSA) is 50.2 Å². The molecule has 0 aliphatic rings. The third-order valence-electron chi connectivity index (χ3n) is 2.43. The zero-order valence-corrected chi connectivity index (χ0v) is 12.8. The van der Waals surface area contributed by atoms with Gasteiger partial charge in [-0.3, -0.25) is 4.98 Å². The van der Waals surface area contributed by atoms with Gasteiger partial charge in [0.05, 0.1) is 11.3 Å². The van der Waals surface area contributed by atoms with Gasteiger partial charge in [0.1, 0.15) is 0 Å². The summed E-state index contributed by atoms with van der Waals surface area (Å²) in [5.74, 6) is -0.984. The van der Waals surface area contributed by atoms with Crippen LogP contribution in [-0.4, -0.2) is 16.1 Å². The lowest BCUT2D eigenvalue weighted by Crippen LogP contribution is -2.00. The average Bonchev–Trinajstić information content (AvgIpc) is 2.38. The highest BCUT2D eigenvalue weighted by atomic mass is 79.9. The van der Waals surface area contributed by atoms with E-state index in [9.17, 15) is 9.90 Å². The summed E-state index contributed by atoms with van der Waals surface area (Å²) in [7, 11) is 0. The molecule has 5 heteroatoms. The summed E-state index contributed by atoms with van der Waals surface area (Å²) < 4.78 is 1.56. The molecule has 1 aromatic heterocycles. The number of rotatable bonds is 3. The van der Waals surface area contributed by atoms with Crippen molar-refractivity contribution in [2.24, 2.45) is 0 Å². The van der Waals surface area contributed by atoms with Crippen molar-refractivity contribution in [2.75, 3.05) is 0 Å². The number of carboxylic acid groups (broad SMARTS) is 1. The molecule has 3 nitrogen and oxygen atoms in total. The van der Waals surface area contributed by atoms with E-state index in [2.05, 4.69) is 36.8 Å². The van der Waals surface area contributed by atoms with Crippen molar-refractivity contribution in [3.8, 4) is 0 Å². The number of nitrogens with zero attached hydrogens (tertiary/aromatic N) is 1. The van der Waals surface area contributed by atoms with Crippen LogP contribution in [0.4, 0.5) is 0 Å². The minimum absolute atomic E-state index is 0.205. The van der Waals surface area contributed by atoms with Crippen LogP contribution < -0.4 is 0 Å². The van der Waals surface area contributed by atoms with Gasteiger partial charge in [-0.15, -0.1) is 0 Å². The van der Waals surface area contributed by atoms with Crippen molar-refractivity contribution in [1.29, 1.82) is 0 Å². The molecule has 0 aliphatic carbocycles. The van der Waals surface area contributed by atoms with Crippen molar-refractivity contribution in [3.05, 3.63) is 62.8 Å². The summed E-state index contributed by atoms with van der Waals surface area (Å²) in [4.78, 5) is 15.6. The maximum absolute atomic E-state index is 11.4. The van der Waals surface area contributed by atoms with E-state index in [1.54, 1.807) is 36.5 Å². The Morgan fingerprint density at radius 2 is 1.89 bits per heavy atom. The van der Waals surface area contributed by atoms with Gasteiger partial charge < -0.3 is 5.11 Å². The van der Waals surface area contributed by atoms with Gasteiger partial charge in [-0.05, 0) is 49.6 Å². The Labute approximate surface area is 127 Å². The quantitative estimate of drug-likeness (QED) is 0.808. The first-order valence-electron chi connectivity index (χ1n) is 5.39. The standard InChI is InChI=1S/C14H9Br2NO2/c15-10-6-12(16)13(17-8-10)7-11(14(18)19)9-4-2-1-3-5-9/h1-8H,(H,18,19)/b11-7+. The van der Waals surface area contributed by atoms with Crippen LogP contribution in [-0.2, 0) is 4.79 Å². The van der Waals surface area contributed by atoms with E-state index in [4.69, 9.17) is 0 Å². The number of hydrogen-bond acceptors (Lipinski definition) is 2. The molecule has 2 rings (SSSR count). The molecule has 96 valence electrons. The molecule has 0 spiro atoms. The van der Waals surface area contributed by atoms with Crippen molar-refractivity contribution in [2.45, 2.75) is 0 Å². The Kier molecular flexibility index (Phi) is 4.50. The second-order valence-electron chi connectivity index (χ2n) is 3.75. The van der Waals surface area contributed by atoms with Crippen LogP contribution in [0.3, 0.4) is 0 Å². The van der Waals surface area contributed by atoms with Crippen molar-refractivity contribution in [3.63, 3.8) is 0 Å². The Balaban J connectivity index is 2.51. The summed E-state index contributed by atoms with van der Waals surface area (Å²) >= 11 is 6.67. The largest absolute Gasteiger partial charge is 0.478 e. The molecule has 0 unspecified atom stereocenters. The number of halogens is 2. The third kappa shape index (κ3) is 3.52.